The molecule has 0 aromatic carbocycles. The van der Waals surface area contributed by atoms with Crippen LogP contribution in [0.1, 0.15) is 45.4 Å². The third kappa shape index (κ3) is 2.94. The molecule has 17 heavy (non-hydrogen) atoms. The molecule has 2 rings (SSSR count). The molecule has 0 amide bonds. The van der Waals surface area contributed by atoms with Gasteiger partial charge >= 0.3 is 6.18 Å². The molecule has 1 aliphatic carbocycles. The van der Waals surface area contributed by atoms with Crippen LogP contribution in [0.5, 0.6) is 0 Å². The molecule has 1 aliphatic heterocycles. The van der Waals surface area contributed by atoms with E-state index in [0.29, 0.717) is 19.4 Å². The first-order valence-electron chi connectivity index (χ1n) is 6.43. The maximum absolute atomic E-state index is 12.8. The van der Waals surface area contributed by atoms with Crippen molar-refractivity contribution in [2.45, 2.75) is 69.3 Å². The molecule has 2 unspecified atom stereocenters. The molecule has 1 heterocycles. The molecule has 2 fully saturated rings. The Balaban J connectivity index is 1.87. The van der Waals surface area contributed by atoms with Crippen molar-refractivity contribution in [3.8, 4) is 0 Å². The fourth-order valence-corrected chi connectivity index (χ4v) is 2.56. The Morgan fingerprint density at radius 3 is 2.59 bits per heavy atom. The Kier molecular flexibility index (Phi) is 3.69. The van der Waals surface area contributed by atoms with E-state index in [1.807, 2.05) is 0 Å². The van der Waals surface area contributed by atoms with Gasteiger partial charge in [-0.2, -0.15) is 13.2 Å². The summed E-state index contributed by atoms with van der Waals surface area (Å²) in [5, 5.41) is 2.83. The minimum atomic E-state index is -4.11. The Hall–Kier alpha value is -0.290. The smallest absolute Gasteiger partial charge is 0.378 e. The Morgan fingerprint density at radius 2 is 2.06 bits per heavy atom. The van der Waals surface area contributed by atoms with Gasteiger partial charge in [0.2, 0.25) is 0 Å². The van der Waals surface area contributed by atoms with Crippen molar-refractivity contribution in [3.05, 3.63) is 0 Å². The van der Waals surface area contributed by atoms with E-state index in [-0.39, 0.29) is 25.0 Å². The first-order chi connectivity index (χ1) is 7.97. The number of hydrogen-bond acceptors (Lipinski definition) is 2. The summed E-state index contributed by atoms with van der Waals surface area (Å²) in [4.78, 5) is 0. The average Bonchev–Trinajstić information content (AvgIpc) is 2.99. The summed E-state index contributed by atoms with van der Waals surface area (Å²) in [6.07, 6.45) is -0.150. The summed E-state index contributed by atoms with van der Waals surface area (Å²) >= 11 is 0. The first-order valence-corrected chi connectivity index (χ1v) is 6.43. The highest BCUT2D eigenvalue weighted by Crippen LogP contribution is 2.49. The van der Waals surface area contributed by atoms with Crippen molar-refractivity contribution >= 4 is 0 Å². The summed E-state index contributed by atoms with van der Waals surface area (Å²) in [5.74, 6) is 0. The summed E-state index contributed by atoms with van der Waals surface area (Å²) in [6.45, 7) is 2.65. The molecule has 1 saturated heterocycles. The van der Waals surface area contributed by atoms with Gasteiger partial charge in [-0.05, 0) is 32.1 Å². The van der Waals surface area contributed by atoms with Crippen molar-refractivity contribution < 1.29 is 17.9 Å². The quantitative estimate of drug-likeness (QED) is 0.829. The van der Waals surface area contributed by atoms with Gasteiger partial charge < -0.3 is 10.1 Å². The summed E-state index contributed by atoms with van der Waals surface area (Å²) in [6, 6.07) is -0.0376. The zero-order valence-corrected chi connectivity index (χ0v) is 10.1. The van der Waals surface area contributed by atoms with Gasteiger partial charge in [0.25, 0.3) is 0 Å². The Bertz CT molecular complexity index is 261. The van der Waals surface area contributed by atoms with Crippen LogP contribution in [0.2, 0.25) is 0 Å². The molecule has 0 spiro atoms. The summed E-state index contributed by atoms with van der Waals surface area (Å²) in [7, 11) is 0. The third-order valence-electron chi connectivity index (χ3n) is 3.75. The van der Waals surface area contributed by atoms with Crippen molar-refractivity contribution in [2.24, 2.45) is 0 Å². The highest BCUT2D eigenvalue weighted by atomic mass is 19.4. The molecular formula is C12H20F3NO. The largest absolute Gasteiger partial charge is 0.406 e. The second kappa shape index (κ2) is 4.76. The Morgan fingerprint density at radius 1 is 1.35 bits per heavy atom. The zero-order valence-electron chi connectivity index (χ0n) is 10.1. The number of halogens is 3. The number of rotatable bonds is 4. The molecule has 0 aromatic rings. The standard InChI is InChI=1S/C12H20F3NO/c1-2-3-10-8-9(4-7-17-10)16-11(5-6-11)12(13,14)15/h9-10,16H,2-8H2,1H3. The van der Waals surface area contributed by atoms with Gasteiger partial charge in [-0.1, -0.05) is 13.3 Å². The van der Waals surface area contributed by atoms with E-state index in [0.717, 1.165) is 12.8 Å². The van der Waals surface area contributed by atoms with Gasteiger partial charge in [0.1, 0.15) is 5.54 Å². The molecule has 0 aromatic heterocycles. The summed E-state index contributed by atoms with van der Waals surface area (Å²) < 4.78 is 44.0. The molecule has 2 nitrogen and oxygen atoms in total. The molecule has 2 atom stereocenters. The van der Waals surface area contributed by atoms with E-state index in [1.54, 1.807) is 0 Å². The molecule has 100 valence electrons. The van der Waals surface area contributed by atoms with Crippen LogP contribution >= 0.6 is 0 Å². The van der Waals surface area contributed by atoms with Crippen LogP contribution in [0.3, 0.4) is 0 Å². The highest BCUT2D eigenvalue weighted by Gasteiger charge is 2.63. The fourth-order valence-electron chi connectivity index (χ4n) is 2.56. The molecule has 0 bridgehead atoms. The first kappa shape index (κ1) is 13.1. The van der Waals surface area contributed by atoms with Crippen LogP contribution in [-0.2, 0) is 4.74 Å². The van der Waals surface area contributed by atoms with E-state index in [9.17, 15) is 13.2 Å². The van der Waals surface area contributed by atoms with Gasteiger partial charge in [-0.15, -0.1) is 0 Å². The van der Waals surface area contributed by atoms with Crippen LogP contribution < -0.4 is 5.32 Å². The maximum Gasteiger partial charge on any atom is 0.406 e. The van der Waals surface area contributed by atoms with Gasteiger partial charge in [-0.25, -0.2) is 0 Å². The number of ether oxygens (including phenoxy) is 1. The minimum Gasteiger partial charge on any atom is -0.378 e. The lowest BCUT2D eigenvalue weighted by Crippen LogP contribution is -2.52. The monoisotopic (exact) mass is 251 g/mol. The predicted molar refractivity (Wildman–Crippen MR) is 58.8 cm³/mol. The van der Waals surface area contributed by atoms with Crippen molar-refractivity contribution in [1.29, 1.82) is 0 Å². The number of hydrogen-bond donors (Lipinski definition) is 1. The zero-order chi connectivity index (χ0) is 12.5. The molecule has 5 heteroatoms. The number of alkyl halides is 3. The second-order valence-electron chi connectivity index (χ2n) is 5.23. The van der Waals surface area contributed by atoms with Crippen LogP contribution in [0, 0.1) is 0 Å². The highest BCUT2D eigenvalue weighted by molar-refractivity contribution is 5.09. The van der Waals surface area contributed by atoms with Crippen molar-refractivity contribution in [1.82, 2.24) is 5.32 Å². The molecule has 1 N–H and O–H groups in total. The maximum atomic E-state index is 12.8. The van der Waals surface area contributed by atoms with Crippen LogP contribution in [0.15, 0.2) is 0 Å². The summed E-state index contributed by atoms with van der Waals surface area (Å²) in [5.41, 5.74) is -1.58. The molecule has 0 radical (unpaired) electrons. The molecule has 2 aliphatic rings. The Labute approximate surface area is 99.9 Å². The SMILES string of the molecule is CCCC1CC(NC2(C(F)(F)F)CC2)CCO1. The lowest BCUT2D eigenvalue weighted by molar-refractivity contribution is -0.170. The minimum absolute atomic E-state index is 0.0376. The van der Waals surface area contributed by atoms with E-state index < -0.39 is 11.7 Å². The van der Waals surface area contributed by atoms with Crippen LogP contribution in [-0.4, -0.2) is 30.5 Å². The van der Waals surface area contributed by atoms with E-state index in [1.165, 1.54) is 0 Å². The van der Waals surface area contributed by atoms with Crippen LogP contribution in [0.25, 0.3) is 0 Å². The molecular weight excluding hydrogens is 231 g/mol. The van der Waals surface area contributed by atoms with Crippen LogP contribution in [0.4, 0.5) is 13.2 Å². The van der Waals surface area contributed by atoms with E-state index >= 15 is 0 Å². The van der Waals surface area contributed by atoms with Crippen molar-refractivity contribution in [2.75, 3.05) is 6.61 Å². The topological polar surface area (TPSA) is 21.3 Å². The van der Waals surface area contributed by atoms with Gasteiger partial charge in [0.15, 0.2) is 0 Å². The predicted octanol–water partition coefficient (Wildman–Crippen LogP) is 3.02. The lowest BCUT2D eigenvalue weighted by atomic mass is 9.99. The fraction of sp³-hybridized carbons (Fsp3) is 1.00. The second-order valence-corrected chi connectivity index (χ2v) is 5.23. The average molecular weight is 251 g/mol. The molecule has 1 saturated carbocycles. The third-order valence-corrected chi connectivity index (χ3v) is 3.75. The lowest BCUT2D eigenvalue weighted by Gasteiger charge is -2.34. The normalized spacial score (nSPS) is 32.5. The van der Waals surface area contributed by atoms with Gasteiger partial charge in [-0.3, -0.25) is 0 Å². The van der Waals surface area contributed by atoms with E-state index in [4.69, 9.17) is 4.74 Å². The number of nitrogens with one attached hydrogen (secondary N) is 1. The van der Waals surface area contributed by atoms with Crippen molar-refractivity contribution in [3.63, 3.8) is 0 Å². The van der Waals surface area contributed by atoms with Gasteiger partial charge in [0, 0.05) is 12.6 Å². The van der Waals surface area contributed by atoms with E-state index in [2.05, 4.69) is 12.2 Å². The van der Waals surface area contributed by atoms with Gasteiger partial charge in [0.05, 0.1) is 6.10 Å².